The summed E-state index contributed by atoms with van der Waals surface area (Å²) in [5, 5.41) is 2.83. The van der Waals surface area contributed by atoms with Crippen molar-refractivity contribution in [1.82, 2.24) is 15.3 Å². The smallest absolute Gasteiger partial charge is 0.251 e. The van der Waals surface area contributed by atoms with Gasteiger partial charge in [0.05, 0.1) is 24.1 Å². The first kappa shape index (κ1) is 13.2. The number of nitrogens with zero attached hydrogens (tertiary/aromatic N) is 2. The number of amides is 1. The molecule has 0 aliphatic heterocycles. The van der Waals surface area contributed by atoms with E-state index in [1.54, 1.807) is 12.4 Å². The fourth-order valence-corrected chi connectivity index (χ4v) is 1.68. The minimum absolute atomic E-state index is 0.0926. The summed E-state index contributed by atoms with van der Waals surface area (Å²) in [6, 6.07) is 7.63. The van der Waals surface area contributed by atoms with Gasteiger partial charge in [-0.15, -0.1) is 0 Å². The highest BCUT2D eigenvalue weighted by atomic mass is 16.1. The lowest BCUT2D eigenvalue weighted by Gasteiger charge is -2.05. The number of nitrogens with one attached hydrogen (secondary N) is 1. The van der Waals surface area contributed by atoms with Gasteiger partial charge in [-0.3, -0.25) is 14.8 Å². The molecular formula is C15H17N3O. The average molecular weight is 255 g/mol. The largest absolute Gasteiger partial charge is 0.346 e. The number of rotatable bonds is 4. The van der Waals surface area contributed by atoms with Crippen molar-refractivity contribution in [3.8, 4) is 0 Å². The van der Waals surface area contributed by atoms with Crippen molar-refractivity contribution in [3.63, 3.8) is 0 Å². The zero-order valence-electron chi connectivity index (χ0n) is 11.2. The molecule has 98 valence electrons. The molecular weight excluding hydrogens is 238 g/mol. The maximum atomic E-state index is 11.9. The minimum atomic E-state index is -0.0926. The Bertz CT molecular complexity index is 547. The van der Waals surface area contributed by atoms with Crippen molar-refractivity contribution in [2.24, 2.45) is 0 Å². The lowest BCUT2D eigenvalue weighted by Crippen LogP contribution is -2.23. The lowest BCUT2D eigenvalue weighted by molar-refractivity contribution is 0.0950. The molecule has 0 saturated carbocycles. The number of hydrogen-bond acceptors (Lipinski definition) is 3. The van der Waals surface area contributed by atoms with E-state index < -0.39 is 0 Å². The molecule has 0 aliphatic rings. The normalized spacial score (nSPS) is 10.2. The van der Waals surface area contributed by atoms with Crippen molar-refractivity contribution in [2.45, 2.75) is 26.8 Å². The molecule has 4 nitrogen and oxygen atoms in total. The molecule has 0 spiro atoms. The Hall–Kier alpha value is -2.23. The number of hydrogen-bond donors (Lipinski definition) is 1. The Kier molecular flexibility index (Phi) is 4.23. The molecule has 0 aliphatic carbocycles. The van der Waals surface area contributed by atoms with Crippen LogP contribution < -0.4 is 5.32 Å². The Morgan fingerprint density at radius 2 is 1.89 bits per heavy atom. The maximum Gasteiger partial charge on any atom is 0.251 e. The molecule has 2 aromatic rings. The van der Waals surface area contributed by atoms with Gasteiger partial charge in [0.2, 0.25) is 0 Å². The highest BCUT2D eigenvalue weighted by Crippen LogP contribution is 2.05. The molecule has 2 rings (SSSR count). The third-order valence-electron chi connectivity index (χ3n) is 2.89. The van der Waals surface area contributed by atoms with Crippen LogP contribution in [0, 0.1) is 6.92 Å². The molecule has 0 unspecified atom stereocenters. The molecule has 0 saturated heterocycles. The Morgan fingerprint density at radius 3 is 2.47 bits per heavy atom. The van der Waals surface area contributed by atoms with Crippen LogP contribution in [0.2, 0.25) is 0 Å². The van der Waals surface area contributed by atoms with Gasteiger partial charge < -0.3 is 5.32 Å². The van der Waals surface area contributed by atoms with Gasteiger partial charge >= 0.3 is 0 Å². The van der Waals surface area contributed by atoms with Gasteiger partial charge in [-0.05, 0) is 31.0 Å². The first-order chi connectivity index (χ1) is 9.19. The SMILES string of the molecule is CCc1ccc(C(=O)NCc2cnc(C)cn2)cc1. The van der Waals surface area contributed by atoms with E-state index in [0.717, 1.165) is 17.8 Å². The van der Waals surface area contributed by atoms with Gasteiger partial charge in [0.1, 0.15) is 0 Å². The van der Waals surface area contributed by atoms with Gasteiger partial charge in [0, 0.05) is 11.8 Å². The van der Waals surface area contributed by atoms with E-state index in [9.17, 15) is 4.79 Å². The van der Waals surface area contributed by atoms with E-state index in [1.165, 1.54) is 5.56 Å². The van der Waals surface area contributed by atoms with Crippen molar-refractivity contribution in [2.75, 3.05) is 0 Å². The quantitative estimate of drug-likeness (QED) is 0.911. The van der Waals surface area contributed by atoms with Crippen LogP contribution in [0.5, 0.6) is 0 Å². The van der Waals surface area contributed by atoms with E-state index in [-0.39, 0.29) is 5.91 Å². The summed E-state index contributed by atoms with van der Waals surface area (Å²) in [5.41, 5.74) is 3.51. The zero-order chi connectivity index (χ0) is 13.7. The third kappa shape index (κ3) is 3.61. The summed E-state index contributed by atoms with van der Waals surface area (Å²) < 4.78 is 0. The molecule has 0 radical (unpaired) electrons. The van der Waals surface area contributed by atoms with Crippen LogP contribution in [0.1, 0.15) is 34.2 Å². The Balaban J connectivity index is 1.95. The summed E-state index contributed by atoms with van der Waals surface area (Å²) in [5.74, 6) is -0.0926. The van der Waals surface area contributed by atoms with E-state index in [2.05, 4.69) is 22.2 Å². The van der Waals surface area contributed by atoms with E-state index >= 15 is 0 Å². The molecule has 1 aromatic carbocycles. The maximum absolute atomic E-state index is 11.9. The van der Waals surface area contributed by atoms with Crippen molar-refractivity contribution in [3.05, 3.63) is 59.2 Å². The van der Waals surface area contributed by atoms with Gasteiger partial charge in [0.15, 0.2) is 0 Å². The predicted molar refractivity (Wildman–Crippen MR) is 73.8 cm³/mol. The van der Waals surface area contributed by atoms with Gasteiger partial charge in [-0.25, -0.2) is 0 Å². The Morgan fingerprint density at radius 1 is 1.16 bits per heavy atom. The van der Waals surface area contributed by atoms with Crippen LogP contribution in [0.15, 0.2) is 36.7 Å². The second kappa shape index (κ2) is 6.09. The Labute approximate surface area is 112 Å². The predicted octanol–water partition coefficient (Wildman–Crippen LogP) is 2.28. The summed E-state index contributed by atoms with van der Waals surface area (Å²) in [6.07, 6.45) is 4.34. The first-order valence-electron chi connectivity index (χ1n) is 6.33. The van der Waals surface area contributed by atoms with Crippen LogP contribution in [0.3, 0.4) is 0 Å². The van der Waals surface area contributed by atoms with E-state index in [0.29, 0.717) is 12.1 Å². The monoisotopic (exact) mass is 255 g/mol. The van der Waals surface area contributed by atoms with E-state index in [1.807, 2.05) is 31.2 Å². The van der Waals surface area contributed by atoms with Crippen LogP contribution in [-0.2, 0) is 13.0 Å². The van der Waals surface area contributed by atoms with Crippen molar-refractivity contribution in [1.29, 1.82) is 0 Å². The van der Waals surface area contributed by atoms with Crippen molar-refractivity contribution < 1.29 is 4.79 Å². The molecule has 0 atom stereocenters. The minimum Gasteiger partial charge on any atom is -0.346 e. The molecule has 19 heavy (non-hydrogen) atoms. The van der Waals surface area contributed by atoms with Crippen LogP contribution >= 0.6 is 0 Å². The lowest BCUT2D eigenvalue weighted by atomic mass is 10.1. The van der Waals surface area contributed by atoms with Gasteiger partial charge in [-0.1, -0.05) is 19.1 Å². The summed E-state index contributed by atoms with van der Waals surface area (Å²) in [7, 11) is 0. The number of carbonyl (C=O) groups excluding carboxylic acids is 1. The molecule has 1 amide bonds. The summed E-state index contributed by atoms with van der Waals surface area (Å²) in [6.45, 7) is 4.36. The molecule has 0 fully saturated rings. The molecule has 4 heteroatoms. The highest BCUT2D eigenvalue weighted by Gasteiger charge is 2.05. The van der Waals surface area contributed by atoms with Crippen molar-refractivity contribution >= 4 is 5.91 Å². The van der Waals surface area contributed by atoms with Crippen LogP contribution in [-0.4, -0.2) is 15.9 Å². The van der Waals surface area contributed by atoms with Gasteiger partial charge in [-0.2, -0.15) is 0 Å². The zero-order valence-corrected chi connectivity index (χ0v) is 11.2. The molecule has 1 heterocycles. The number of carbonyl (C=O) groups is 1. The number of benzene rings is 1. The molecule has 1 aromatic heterocycles. The first-order valence-corrected chi connectivity index (χ1v) is 6.33. The van der Waals surface area contributed by atoms with Crippen LogP contribution in [0.4, 0.5) is 0 Å². The van der Waals surface area contributed by atoms with E-state index in [4.69, 9.17) is 0 Å². The standard InChI is InChI=1S/C15H17N3O/c1-3-12-4-6-13(7-5-12)15(19)18-10-14-9-16-11(2)8-17-14/h4-9H,3,10H2,1-2H3,(H,18,19). The number of aromatic nitrogens is 2. The second-order valence-corrected chi connectivity index (χ2v) is 4.38. The second-order valence-electron chi connectivity index (χ2n) is 4.38. The number of aryl methyl sites for hydroxylation is 2. The fraction of sp³-hybridized carbons (Fsp3) is 0.267. The summed E-state index contributed by atoms with van der Waals surface area (Å²) in [4.78, 5) is 20.3. The molecule has 1 N–H and O–H groups in total. The van der Waals surface area contributed by atoms with Crippen LogP contribution in [0.25, 0.3) is 0 Å². The topological polar surface area (TPSA) is 54.9 Å². The third-order valence-corrected chi connectivity index (χ3v) is 2.89. The van der Waals surface area contributed by atoms with Gasteiger partial charge in [0.25, 0.3) is 5.91 Å². The fourth-order valence-electron chi connectivity index (χ4n) is 1.68. The average Bonchev–Trinajstić information content (AvgIpc) is 2.46. The highest BCUT2D eigenvalue weighted by molar-refractivity contribution is 5.94. The molecule has 0 bridgehead atoms. The summed E-state index contributed by atoms with van der Waals surface area (Å²) >= 11 is 0.